The maximum Gasteiger partial charge on any atom is 2.00 e. The molecule has 2 rings (SSSR count). The summed E-state index contributed by atoms with van der Waals surface area (Å²) in [6.07, 6.45) is 3.70. The van der Waals surface area contributed by atoms with Crippen LogP contribution >= 0.6 is 0 Å². The van der Waals surface area contributed by atoms with Gasteiger partial charge in [0.15, 0.2) is 0 Å². The molecule has 1 aromatic heterocycles. The fourth-order valence-corrected chi connectivity index (χ4v) is 1.31. The molecule has 0 amide bonds. The van der Waals surface area contributed by atoms with Crippen LogP contribution in [0.15, 0.2) is 42.9 Å². The maximum atomic E-state index is 10.2. The van der Waals surface area contributed by atoms with Crippen molar-refractivity contribution in [3.63, 3.8) is 0 Å². The molecule has 1 atom stereocenters. The van der Waals surface area contributed by atoms with Gasteiger partial charge in [-0.25, -0.2) is 4.98 Å². The zero-order valence-electron chi connectivity index (χ0n) is 11.9. The number of rotatable bonds is 4. The number of hydrogen-bond donors (Lipinski definition) is 3. The van der Waals surface area contributed by atoms with Crippen molar-refractivity contribution in [2.24, 2.45) is 0 Å². The number of aliphatic hydroxyl groups excluding tert-OH is 1. The Hall–Kier alpha value is -2.51. The van der Waals surface area contributed by atoms with Crippen LogP contribution in [0, 0.1) is 0 Å². The topological polar surface area (TPSA) is 149 Å². The summed E-state index contributed by atoms with van der Waals surface area (Å²) >= 11 is 0. The van der Waals surface area contributed by atoms with E-state index in [1.165, 1.54) is 36.7 Å². The molecule has 9 heteroatoms. The zero-order valence-corrected chi connectivity index (χ0v) is 14.8. The number of carbonyl (C=O) groups is 2. The van der Waals surface area contributed by atoms with Crippen molar-refractivity contribution in [2.45, 2.75) is 6.10 Å². The van der Waals surface area contributed by atoms with Crippen LogP contribution in [0.5, 0.6) is 5.75 Å². The molecular formula is C14H12N2O6Zn. The first kappa shape index (κ1) is 20.5. The summed E-state index contributed by atoms with van der Waals surface area (Å²) in [7, 11) is 0. The van der Waals surface area contributed by atoms with Crippen LogP contribution < -0.4 is 10.2 Å². The van der Waals surface area contributed by atoms with Crippen LogP contribution in [0.3, 0.4) is 0 Å². The Balaban J connectivity index is 0.000000409. The van der Waals surface area contributed by atoms with Gasteiger partial charge in [0, 0.05) is 6.20 Å². The molecule has 0 aliphatic carbocycles. The predicted octanol–water partition coefficient (Wildman–Crippen LogP) is -1.65. The SMILES string of the molecule is O=C([O-])C(O)c1ccc(O)cc1.O=C([O-])C=Cc1c[nH]cn1.[Zn+2]. The zero-order chi connectivity index (χ0) is 16.5. The van der Waals surface area contributed by atoms with Gasteiger partial charge >= 0.3 is 19.5 Å². The van der Waals surface area contributed by atoms with Crippen LogP contribution in [0.1, 0.15) is 17.4 Å². The molecule has 8 nitrogen and oxygen atoms in total. The molecule has 0 saturated heterocycles. The Morgan fingerprint density at radius 3 is 2.26 bits per heavy atom. The Morgan fingerprint density at radius 2 is 1.83 bits per heavy atom. The third kappa shape index (κ3) is 7.89. The van der Waals surface area contributed by atoms with E-state index in [0.29, 0.717) is 5.69 Å². The van der Waals surface area contributed by atoms with Gasteiger partial charge in [-0.05, 0) is 29.8 Å². The number of aliphatic carboxylic acids is 2. The van der Waals surface area contributed by atoms with E-state index in [0.717, 1.165) is 6.08 Å². The molecule has 0 radical (unpaired) electrons. The van der Waals surface area contributed by atoms with Gasteiger partial charge < -0.3 is 35.0 Å². The standard InChI is InChI=1S/C8H8O4.C6H6N2O2.Zn/c9-6-3-1-5(2-4-6)7(10)8(11)12;9-6(10)2-1-5-3-7-4-8-5;/h1-4,7,9-10H,(H,11,12);1-4H,(H,7,8)(H,9,10);/q;;+2/p-2. The molecule has 1 unspecified atom stereocenters. The number of H-pyrrole nitrogens is 1. The van der Waals surface area contributed by atoms with E-state index in [1.807, 2.05) is 0 Å². The minimum absolute atomic E-state index is 0. The third-order valence-corrected chi connectivity index (χ3v) is 2.34. The molecule has 23 heavy (non-hydrogen) atoms. The largest absolute Gasteiger partial charge is 2.00 e. The number of phenols is 1. The van der Waals surface area contributed by atoms with E-state index < -0.39 is 18.0 Å². The minimum Gasteiger partial charge on any atom is -0.547 e. The molecule has 0 spiro atoms. The number of phenolic OH excluding ortho intramolecular Hbond substituents is 1. The van der Waals surface area contributed by atoms with Crippen molar-refractivity contribution in [1.82, 2.24) is 9.97 Å². The average molecular weight is 370 g/mol. The summed E-state index contributed by atoms with van der Waals surface area (Å²) in [4.78, 5) is 26.5. The molecule has 2 aromatic rings. The molecule has 1 heterocycles. The van der Waals surface area contributed by atoms with Crippen molar-refractivity contribution in [3.8, 4) is 5.75 Å². The van der Waals surface area contributed by atoms with Crippen molar-refractivity contribution < 1.29 is 49.5 Å². The summed E-state index contributed by atoms with van der Waals surface area (Å²) in [5.41, 5.74) is 0.761. The number of benzene rings is 1. The third-order valence-electron chi connectivity index (χ3n) is 2.34. The summed E-state index contributed by atoms with van der Waals surface area (Å²) in [6, 6.07) is 5.22. The molecular weight excluding hydrogens is 358 g/mol. The van der Waals surface area contributed by atoms with Crippen molar-refractivity contribution in [3.05, 3.63) is 54.1 Å². The molecule has 3 N–H and O–H groups in total. The number of imidazole rings is 1. The monoisotopic (exact) mass is 368 g/mol. The van der Waals surface area contributed by atoms with Gasteiger partial charge in [-0.3, -0.25) is 0 Å². The van der Waals surface area contributed by atoms with Gasteiger partial charge in [0.25, 0.3) is 0 Å². The van der Waals surface area contributed by atoms with E-state index in [1.54, 1.807) is 6.20 Å². The van der Waals surface area contributed by atoms with E-state index in [9.17, 15) is 19.8 Å². The molecule has 0 fully saturated rings. The van der Waals surface area contributed by atoms with Gasteiger partial charge in [-0.15, -0.1) is 0 Å². The molecule has 0 aliphatic rings. The number of carboxylic acid groups (broad SMARTS) is 2. The van der Waals surface area contributed by atoms with Gasteiger partial charge in [-0.2, -0.15) is 0 Å². The van der Waals surface area contributed by atoms with Crippen LogP contribution in [0.25, 0.3) is 6.08 Å². The normalized spacial score (nSPS) is 11.0. The molecule has 116 valence electrons. The number of carboxylic acids is 2. The fourth-order valence-electron chi connectivity index (χ4n) is 1.31. The summed E-state index contributed by atoms with van der Waals surface area (Å²) in [5.74, 6) is -2.76. The number of aromatic nitrogens is 2. The van der Waals surface area contributed by atoms with Crippen molar-refractivity contribution >= 4 is 18.0 Å². The van der Waals surface area contributed by atoms with E-state index in [4.69, 9.17) is 10.2 Å². The predicted molar refractivity (Wildman–Crippen MR) is 70.7 cm³/mol. The number of hydrogen-bond acceptors (Lipinski definition) is 7. The summed E-state index contributed by atoms with van der Waals surface area (Å²) in [5, 5.41) is 37.8. The molecule has 0 aliphatic heterocycles. The van der Waals surface area contributed by atoms with Crippen molar-refractivity contribution in [1.29, 1.82) is 0 Å². The average Bonchev–Trinajstić information content (AvgIpc) is 2.99. The number of aromatic amines is 1. The number of aliphatic hydroxyl groups is 1. The Morgan fingerprint density at radius 1 is 1.22 bits per heavy atom. The van der Waals surface area contributed by atoms with Crippen molar-refractivity contribution in [2.75, 3.05) is 0 Å². The number of aromatic hydroxyl groups is 1. The van der Waals surface area contributed by atoms with Gasteiger partial charge in [0.1, 0.15) is 11.9 Å². The van der Waals surface area contributed by atoms with Crippen LogP contribution in [0.2, 0.25) is 0 Å². The van der Waals surface area contributed by atoms with Gasteiger partial charge in [-0.1, -0.05) is 12.1 Å². The van der Waals surface area contributed by atoms with Crippen LogP contribution in [0.4, 0.5) is 0 Å². The Labute approximate surface area is 143 Å². The second-order valence-electron chi connectivity index (χ2n) is 3.96. The number of nitrogens with zero attached hydrogens (tertiary/aromatic N) is 1. The van der Waals surface area contributed by atoms with E-state index in [-0.39, 0.29) is 30.8 Å². The minimum atomic E-state index is -1.63. The molecule has 0 saturated carbocycles. The fraction of sp³-hybridized carbons (Fsp3) is 0.0714. The first-order chi connectivity index (χ1) is 10.4. The van der Waals surface area contributed by atoms with Crippen LogP contribution in [-0.2, 0) is 29.1 Å². The second-order valence-corrected chi connectivity index (χ2v) is 3.96. The Bertz CT molecular complexity index is 640. The maximum absolute atomic E-state index is 10.2. The van der Waals surface area contributed by atoms with Gasteiger partial charge in [0.05, 0.1) is 24.0 Å². The van der Waals surface area contributed by atoms with Crippen LogP contribution in [-0.4, -0.2) is 32.1 Å². The van der Waals surface area contributed by atoms with E-state index in [2.05, 4.69) is 9.97 Å². The first-order valence-electron chi connectivity index (χ1n) is 5.96. The van der Waals surface area contributed by atoms with E-state index >= 15 is 0 Å². The number of nitrogens with one attached hydrogen (secondary N) is 1. The smallest absolute Gasteiger partial charge is 0.547 e. The summed E-state index contributed by atoms with van der Waals surface area (Å²) in [6.45, 7) is 0. The quantitative estimate of drug-likeness (QED) is 0.431. The number of carbonyl (C=O) groups excluding carboxylic acids is 2. The summed E-state index contributed by atoms with van der Waals surface area (Å²) < 4.78 is 0. The molecule has 1 aromatic carbocycles. The van der Waals surface area contributed by atoms with Gasteiger partial charge in [0.2, 0.25) is 0 Å². The Kier molecular flexibility index (Phi) is 9.14. The first-order valence-corrected chi connectivity index (χ1v) is 5.96. The molecule has 0 bridgehead atoms. The second kappa shape index (κ2) is 10.3.